The van der Waals surface area contributed by atoms with E-state index in [2.05, 4.69) is 181 Å². The average Bonchev–Trinajstić information content (AvgIpc) is 1.56. The second-order valence-electron chi connectivity index (χ2n) is 23.8. The van der Waals surface area contributed by atoms with Gasteiger partial charge in [0.1, 0.15) is 11.6 Å². The van der Waals surface area contributed by atoms with Crippen molar-refractivity contribution in [2.75, 3.05) is 136 Å². The minimum absolute atomic E-state index is 0.194. The second kappa shape index (κ2) is 32.9. The molecule has 14 rings (SSSR count). The minimum Gasteiger partial charge on any atom is -0.493 e. The van der Waals surface area contributed by atoms with E-state index in [9.17, 15) is 4.39 Å². The van der Waals surface area contributed by atoms with Crippen LogP contribution in [0.5, 0.6) is 17.2 Å². The lowest BCUT2D eigenvalue weighted by molar-refractivity contribution is 0.0398. The Hall–Kier alpha value is -7.60. The van der Waals surface area contributed by atoms with E-state index in [4.69, 9.17) is 18.9 Å². The number of hydrogen-bond acceptors (Lipinski definition) is 14. The zero-order chi connectivity index (χ0) is 61.7. The first-order valence-corrected chi connectivity index (χ1v) is 33.1. The van der Waals surface area contributed by atoms with E-state index < -0.39 is 0 Å². The molecule has 2 atom stereocenters. The van der Waals surface area contributed by atoms with Crippen molar-refractivity contribution in [3.05, 3.63) is 221 Å². The van der Waals surface area contributed by atoms with Gasteiger partial charge in [0.25, 0.3) is 0 Å². The zero-order valence-electron chi connectivity index (χ0n) is 52.6. The molecule has 7 aromatic carbocycles. The van der Waals surface area contributed by atoms with Crippen LogP contribution >= 0.6 is 11.8 Å². The van der Waals surface area contributed by atoms with Crippen LogP contribution in [-0.4, -0.2) is 151 Å². The molecule has 6 heterocycles. The monoisotopic (exact) mass is 1230 g/mol. The van der Waals surface area contributed by atoms with E-state index >= 15 is 0 Å². The predicted octanol–water partition coefficient (Wildman–Crippen LogP) is 13.3. The predicted molar refractivity (Wildman–Crippen MR) is 365 cm³/mol. The van der Waals surface area contributed by atoms with Gasteiger partial charge in [0.2, 0.25) is 6.79 Å². The number of rotatable bonds is 16. The van der Waals surface area contributed by atoms with Crippen LogP contribution in [0.1, 0.15) is 58.6 Å². The Morgan fingerprint density at radius 2 is 1.33 bits per heavy atom. The number of nitrogens with one attached hydrogen (secondary N) is 3. The molecule has 0 amide bonds. The number of nitrogens with zero attached hydrogens (tertiary/aromatic N) is 6. The third kappa shape index (κ3) is 17.5. The lowest BCUT2D eigenvalue weighted by Gasteiger charge is -2.35. The molecule has 90 heavy (non-hydrogen) atoms. The number of hydrogen-bond donors (Lipinski definition) is 3. The molecule has 0 bridgehead atoms. The van der Waals surface area contributed by atoms with Crippen LogP contribution in [0, 0.1) is 18.7 Å². The number of fused-ring (bicyclic) bond motifs is 5. The maximum atomic E-state index is 13.2. The van der Waals surface area contributed by atoms with Crippen LogP contribution in [-0.2, 0) is 17.6 Å². The lowest BCUT2D eigenvalue weighted by atomic mass is 9.81. The molecule has 0 saturated carbocycles. The molecule has 1 aliphatic carbocycles. The number of piperidine rings is 1. The Morgan fingerprint density at radius 3 is 2.03 bits per heavy atom. The van der Waals surface area contributed by atoms with Gasteiger partial charge >= 0.3 is 0 Å². The van der Waals surface area contributed by atoms with E-state index in [1.807, 2.05) is 67.3 Å². The molecular formula is C75H88FN9O4S. The first-order valence-electron chi connectivity index (χ1n) is 32.3. The summed E-state index contributed by atoms with van der Waals surface area (Å²) in [5.74, 6) is 3.65. The molecule has 3 saturated heterocycles. The number of aromatic nitrogens is 2. The lowest BCUT2D eigenvalue weighted by Crippen LogP contribution is -2.45. The van der Waals surface area contributed by atoms with Gasteiger partial charge in [-0.2, -0.15) is 0 Å². The Bertz CT molecular complexity index is 3470. The molecule has 5 aliphatic heterocycles. The fraction of sp³-hybridized carbons (Fsp3) is 0.360. The van der Waals surface area contributed by atoms with Crippen LogP contribution in [0.15, 0.2) is 192 Å². The number of ether oxygens (including phenoxy) is 4. The van der Waals surface area contributed by atoms with Crippen molar-refractivity contribution in [1.29, 1.82) is 0 Å². The first-order chi connectivity index (χ1) is 44.3. The molecule has 3 fully saturated rings. The van der Waals surface area contributed by atoms with Crippen LogP contribution in [0.3, 0.4) is 0 Å². The number of likely N-dealkylation sites (N-methyl/N-ethyl adjacent to an activating group) is 1. The van der Waals surface area contributed by atoms with Crippen LogP contribution in [0.2, 0.25) is 0 Å². The third-order valence-electron chi connectivity index (χ3n) is 17.6. The number of para-hydroxylation sites is 2. The molecule has 15 heteroatoms. The number of anilines is 3. The maximum absolute atomic E-state index is 13.2. The van der Waals surface area contributed by atoms with Crippen molar-refractivity contribution in [3.8, 4) is 28.5 Å². The Balaban J connectivity index is 0.000000124. The summed E-state index contributed by atoms with van der Waals surface area (Å²) in [6.45, 7) is 18.5. The van der Waals surface area contributed by atoms with Crippen molar-refractivity contribution < 1.29 is 23.3 Å². The van der Waals surface area contributed by atoms with Crippen molar-refractivity contribution in [2.24, 2.45) is 5.92 Å². The second-order valence-corrected chi connectivity index (χ2v) is 24.8. The molecule has 470 valence electrons. The quantitative estimate of drug-likeness (QED) is 0.0798. The zero-order valence-corrected chi connectivity index (χ0v) is 53.5. The van der Waals surface area contributed by atoms with Gasteiger partial charge in [-0.15, -0.1) is 10.2 Å². The highest BCUT2D eigenvalue weighted by atomic mass is 32.2. The van der Waals surface area contributed by atoms with Gasteiger partial charge in [0.05, 0.1) is 36.9 Å². The van der Waals surface area contributed by atoms with Crippen LogP contribution in [0.25, 0.3) is 16.8 Å². The molecule has 6 aliphatic rings. The summed E-state index contributed by atoms with van der Waals surface area (Å²) in [5.41, 5.74) is 14.2. The van der Waals surface area contributed by atoms with E-state index in [0.717, 1.165) is 131 Å². The van der Waals surface area contributed by atoms with Gasteiger partial charge < -0.3 is 49.6 Å². The van der Waals surface area contributed by atoms with Gasteiger partial charge in [-0.3, -0.25) is 4.90 Å². The molecule has 0 radical (unpaired) electrons. The third-order valence-corrected chi connectivity index (χ3v) is 18.7. The number of morpholine rings is 1. The molecule has 8 aromatic rings. The van der Waals surface area contributed by atoms with E-state index in [0.29, 0.717) is 18.4 Å². The summed E-state index contributed by atoms with van der Waals surface area (Å²) >= 11 is 1.89. The summed E-state index contributed by atoms with van der Waals surface area (Å²) in [6, 6.07) is 60.0. The van der Waals surface area contributed by atoms with Crippen LogP contribution < -0.4 is 35.1 Å². The highest BCUT2D eigenvalue weighted by Crippen LogP contribution is 2.48. The largest absolute Gasteiger partial charge is 0.493 e. The van der Waals surface area contributed by atoms with Gasteiger partial charge in [-0.1, -0.05) is 133 Å². The molecule has 0 unspecified atom stereocenters. The topological polar surface area (TPSA) is 112 Å². The van der Waals surface area contributed by atoms with Gasteiger partial charge in [-0.25, -0.2) is 4.39 Å². The van der Waals surface area contributed by atoms with E-state index in [1.165, 1.54) is 106 Å². The van der Waals surface area contributed by atoms with Gasteiger partial charge in [0, 0.05) is 92.8 Å². The van der Waals surface area contributed by atoms with Crippen molar-refractivity contribution in [1.82, 2.24) is 35.5 Å². The summed E-state index contributed by atoms with van der Waals surface area (Å²) in [6.07, 6.45) is 7.96. The molecule has 13 nitrogen and oxygen atoms in total. The smallest absolute Gasteiger partial charge is 0.231 e. The standard InChI is InChI=1S/C20H25N3S.C19H20FNO3.C19H21N.C17H22N4O/c1-21-13-15-22(16-14-21)11-6-12-23-17-7-2-4-9-19(17)24-20-10-5-3-8-18(20)23;20-15-3-1-13(2-4-15)17-7-8-21-10-14(17)11-22-16-5-6-18-19(9-16)24-12-23-18;1-20-14-6-11-19-17-9-4-2-7-15(17)12-13-16-8-3-5-10-18(16)19;1-14-13-16(15-5-3-2-4-6-15)19-20-17(14)18-7-8-21-9-11-22-12-10-21/h2-5,7-10H,6,11-16H2,1H3;1-6,9,14,17,21H,7-8,10-12H2;2-5,7-11,20H,6,12-14H2,1H3;2-6,13H,7-12H2,1H3,(H,18,20)/t;14-,17-;;/m.0../s1. The first kappa shape index (κ1) is 63.9. The Kier molecular flexibility index (Phi) is 23.4. The van der Waals surface area contributed by atoms with E-state index in [-0.39, 0.29) is 12.6 Å². The summed E-state index contributed by atoms with van der Waals surface area (Å²) in [5, 5.41) is 18.7. The van der Waals surface area contributed by atoms with Gasteiger partial charge in [-0.05, 0) is 172 Å². The summed E-state index contributed by atoms with van der Waals surface area (Å²) in [7, 11) is 4.23. The fourth-order valence-electron chi connectivity index (χ4n) is 12.5. The minimum atomic E-state index is -0.194. The molecule has 3 N–H and O–H groups in total. The number of piperazine rings is 1. The number of halogens is 1. The summed E-state index contributed by atoms with van der Waals surface area (Å²) in [4.78, 5) is 12.7. The Labute approximate surface area is 537 Å². The van der Waals surface area contributed by atoms with E-state index in [1.54, 1.807) is 0 Å². The molecule has 0 spiro atoms. The average molecular weight is 1230 g/mol. The summed E-state index contributed by atoms with van der Waals surface area (Å²) < 4.78 is 35.2. The SMILES string of the molecule is CN1CCN(CCCN2c3ccccc3Sc3ccccc32)CC1.CNCCC=C1c2ccccc2CCc2ccccc21.Cc1cc(-c2ccccc2)nnc1NCCN1CCOCC1.Fc1ccc([C@@H]2CCNC[C@H]2COc2ccc3c(c2)OCO3)cc1. The fourth-order valence-corrected chi connectivity index (χ4v) is 13.6. The molecule has 1 aromatic heterocycles. The van der Waals surface area contributed by atoms with Crippen molar-refractivity contribution >= 4 is 34.5 Å². The maximum Gasteiger partial charge on any atom is 0.231 e. The Morgan fingerprint density at radius 1 is 0.678 bits per heavy atom. The van der Waals surface area contributed by atoms with Crippen molar-refractivity contribution in [3.63, 3.8) is 0 Å². The highest BCUT2D eigenvalue weighted by molar-refractivity contribution is 7.99. The highest BCUT2D eigenvalue weighted by Gasteiger charge is 2.28. The molecular weight excluding hydrogens is 1140 g/mol. The van der Waals surface area contributed by atoms with Crippen molar-refractivity contribution in [2.45, 2.75) is 54.7 Å². The number of benzene rings is 7. The van der Waals surface area contributed by atoms with Gasteiger partial charge in [0.15, 0.2) is 17.3 Å². The van der Waals surface area contributed by atoms with Crippen LogP contribution in [0.4, 0.5) is 21.6 Å². The normalized spacial score (nSPS) is 17.6. The number of aryl methyl sites for hydroxylation is 3.